The summed E-state index contributed by atoms with van der Waals surface area (Å²) in [5, 5.41) is 4.07. The summed E-state index contributed by atoms with van der Waals surface area (Å²) in [5.74, 6) is -0.321. The van der Waals surface area contributed by atoms with Gasteiger partial charge in [0.15, 0.2) is 0 Å². The van der Waals surface area contributed by atoms with Gasteiger partial charge in [-0.15, -0.1) is 0 Å². The van der Waals surface area contributed by atoms with Gasteiger partial charge in [0.1, 0.15) is 5.78 Å². The topological polar surface area (TPSA) is 61.2 Å². The van der Waals surface area contributed by atoms with Crippen molar-refractivity contribution in [2.75, 3.05) is 7.11 Å². The summed E-state index contributed by atoms with van der Waals surface area (Å²) in [5.41, 5.74) is 0.886. The highest BCUT2D eigenvalue weighted by molar-refractivity contribution is 5.84. The molecule has 5 nitrogen and oxygen atoms in total. The lowest BCUT2D eigenvalue weighted by molar-refractivity contribution is -0.141. The van der Waals surface area contributed by atoms with Crippen LogP contribution < -0.4 is 0 Å². The first-order valence-electron chi connectivity index (χ1n) is 5.26. The molecule has 0 atom stereocenters. The van der Waals surface area contributed by atoms with Crippen molar-refractivity contribution in [1.29, 1.82) is 0 Å². The molecule has 16 heavy (non-hydrogen) atoms. The molecule has 0 aliphatic heterocycles. The Morgan fingerprint density at radius 1 is 1.44 bits per heavy atom. The van der Waals surface area contributed by atoms with E-state index in [1.165, 1.54) is 7.11 Å². The Morgan fingerprint density at radius 3 is 2.81 bits per heavy atom. The van der Waals surface area contributed by atoms with Crippen LogP contribution in [0, 0.1) is 0 Å². The van der Waals surface area contributed by atoms with Crippen LogP contribution in [0.1, 0.15) is 25.5 Å². The second-order valence-electron chi connectivity index (χ2n) is 3.43. The lowest BCUT2D eigenvalue weighted by atomic mass is 10.1. The summed E-state index contributed by atoms with van der Waals surface area (Å²) in [7, 11) is 1.32. The molecule has 5 heteroatoms. The first-order chi connectivity index (χ1) is 7.67. The van der Waals surface area contributed by atoms with E-state index in [1.807, 2.05) is 13.0 Å². The number of carbonyl (C=O) groups is 2. The molecule has 0 amide bonds. The quantitative estimate of drug-likeness (QED) is 0.675. The first kappa shape index (κ1) is 12.4. The van der Waals surface area contributed by atoms with Gasteiger partial charge in [-0.2, -0.15) is 5.10 Å². The molecule has 0 N–H and O–H groups in total. The second-order valence-corrected chi connectivity index (χ2v) is 3.43. The largest absolute Gasteiger partial charge is 0.469 e. The molecule has 0 radical (unpaired) electrons. The summed E-state index contributed by atoms with van der Waals surface area (Å²) in [6.45, 7) is 2.71. The Kier molecular flexibility index (Phi) is 4.69. The number of nitrogens with zero attached hydrogens (tertiary/aromatic N) is 2. The van der Waals surface area contributed by atoms with Gasteiger partial charge in [-0.05, 0) is 13.0 Å². The zero-order chi connectivity index (χ0) is 12.0. The van der Waals surface area contributed by atoms with Crippen molar-refractivity contribution in [3.63, 3.8) is 0 Å². The van der Waals surface area contributed by atoms with Crippen molar-refractivity contribution in [3.05, 3.63) is 18.0 Å². The molecule has 0 bridgehead atoms. The zero-order valence-corrected chi connectivity index (χ0v) is 9.60. The van der Waals surface area contributed by atoms with Gasteiger partial charge in [0.25, 0.3) is 0 Å². The van der Waals surface area contributed by atoms with Crippen LogP contribution in [0.5, 0.6) is 0 Å². The third-order valence-corrected chi connectivity index (χ3v) is 2.32. The predicted octanol–water partition coefficient (Wildman–Crippen LogP) is 0.968. The molecule has 0 saturated heterocycles. The van der Waals surface area contributed by atoms with Gasteiger partial charge in [-0.1, -0.05) is 0 Å². The summed E-state index contributed by atoms with van der Waals surface area (Å²) in [4.78, 5) is 22.4. The number of ether oxygens (including phenoxy) is 1. The Bertz CT molecular complexity index is 371. The van der Waals surface area contributed by atoms with E-state index in [-0.39, 0.29) is 24.6 Å². The minimum atomic E-state index is -0.350. The molecule has 0 saturated carbocycles. The van der Waals surface area contributed by atoms with Crippen molar-refractivity contribution in [2.45, 2.75) is 32.7 Å². The molecule has 1 heterocycles. The Hall–Kier alpha value is -1.65. The van der Waals surface area contributed by atoms with E-state index in [0.717, 1.165) is 12.2 Å². The maximum absolute atomic E-state index is 11.6. The monoisotopic (exact) mass is 224 g/mol. The summed E-state index contributed by atoms with van der Waals surface area (Å²) in [6.07, 6.45) is 2.37. The number of carbonyl (C=O) groups excluding carboxylic acids is 2. The fourth-order valence-corrected chi connectivity index (χ4v) is 1.43. The van der Waals surface area contributed by atoms with E-state index in [2.05, 4.69) is 9.84 Å². The van der Waals surface area contributed by atoms with E-state index in [9.17, 15) is 9.59 Å². The van der Waals surface area contributed by atoms with Crippen LogP contribution in [0.2, 0.25) is 0 Å². The Balaban J connectivity index is 2.42. The molecule has 0 spiro atoms. The molecule has 0 unspecified atom stereocenters. The van der Waals surface area contributed by atoms with Crippen molar-refractivity contribution in [2.24, 2.45) is 0 Å². The number of ketones is 1. The third kappa shape index (κ3) is 3.49. The molecule has 0 fully saturated rings. The van der Waals surface area contributed by atoms with Gasteiger partial charge in [-0.3, -0.25) is 14.3 Å². The maximum atomic E-state index is 11.6. The first-order valence-corrected chi connectivity index (χ1v) is 5.26. The highest BCUT2D eigenvalue weighted by Crippen LogP contribution is 2.04. The lowest BCUT2D eigenvalue weighted by Crippen LogP contribution is -2.11. The van der Waals surface area contributed by atoms with Crippen molar-refractivity contribution in [3.8, 4) is 0 Å². The summed E-state index contributed by atoms with van der Waals surface area (Å²) >= 11 is 0. The molecule has 0 aliphatic rings. The molecular formula is C11H16N2O3. The summed E-state index contributed by atoms with van der Waals surface area (Å²) in [6, 6.07) is 1.82. The van der Waals surface area contributed by atoms with Gasteiger partial charge in [-0.25, -0.2) is 0 Å². The van der Waals surface area contributed by atoms with Crippen LogP contribution in [0.15, 0.2) is 12.3 Å². The minimum Gasteiger partial charge on any atom is -0.469 e. The molecule has 0 aromatic carbocycles. The highest BCUT2D eigenvalue weighted by Gasteiger charge is 2.10. The standard InChI is InChI=1S/C11H16N2O3/c1-3-13-9(6-7-12-13)8-10(14)4-5-11(15)16-2/h6-7H,3-5,8H2,1-2H3. The highest BCUT2D eigenvalue weighted by atomic mass is 16.5. The summed E-state index contributed by atoms with van der Waals surface area (Å²) < 4.78 is 6.25. The predicted molar refractivity (Wildman–Crippen MR) is 57.9 cm³/mol. The minimum absolute atomic E-state index is 0.0283. The number of esters is 1. The maximum Gasteiger partial charge on any atom is 0.305 e. The fourth-order valence-electron chi connectivity index (χ4n) is 1.43. The smallest absolute Gasteiger partial charge is 0.305 e. The van der Waals surface area contributed by atoms with Crippen molar-refractivity contribution < 1.29 is 14.3 Å². The van der Waals surface area contributed by atoms with Gasteiger partial charge >= 0.3 is 5.97 Å². The average Bonchev–Trinajstić information content (AvgIpc) is 2.73. The second kappa shape index (κ2) is 6.05. The fraction of sp³-hybridized carbons (Fsp3) is 0.545. The van der Waals surface area contributed by atoms with Gasteiger partial charge in [0, 0.05) is 31.3 Å². The number of methoxy groups -OCH3 is 1. The number of Topliss-reactive ketones (excluding diaryl/α,β-unsaturated/α-hetero) is 1. The van der Waals surface area contributed by atoms with Crippen LogP contribution >= 0.6 is 0 Å². The van der Waals surface area contributed by atoms with Gasteiger partial charge in [0.05, 0.1) is 13.5 Å². The molecule has 1 rings (SSSR count). The van der Waals surface area contributed by atoms with Gasteiger partial charge in [0.2, 0.25) is 0 Å². The average molecular weight is 224 g/mol. The SMILES string of the molecule is CCn1nccc1CC(=O)CCC(=O)OC. The zero-order valence-electron chi connectivity index (χ0n) is 9.60. The number of hydrogen-bond acceptors (Lipinski definition) is 4. The van der Waals surface area contributed by atoms with Crippen LogP contribution in [-0.2, 0) is 27.3 Å². The Morgan fingerprint density at radius 2 is 2.19 bits per heavy atom. The van der Waals surface area contributed by atoms with Crippen LogP contribution in [0.25, 0.3) is 0 Å². The van der Waals surface area contributed by atoms with Crippen LogP contribution in [-0.4, -0.2) is 28.6 Å². The van der Waals surface area contributed by atoms with E-state index in [4.69, 9.17) is 0 Å². The molecule has 0 aliphatic carbocycles. The lowest BCUT2D eigenvalue weighted by Gasteiger charge is -2.03. The van der Waals surface area contributed by atoms with E-state index in [1.54, 1.807) is 10.9 Å². The van der Waals surface area contributed by atoms with Gasteiger partial charge < -0.3 is 4.74 Å². The van der Waals surface area contributed by atoms with E-state index >= 15 is 0 Å². The number of aromatic nitrogens is 2. The molecule has 88 valence electrons. The molecule has 1 aromatic rings. The van der Waals surface area contributed by atoms with E-state index < -0.39 is 0 Å². The number of rotatable bonds is 6. The number of hydrogen-bond donors (Lipinski definition) is 0. The van der Waals surface area contributed by atoms with Crippen LogP contribution in [0.3, 0.4) is 0 Å². The molecular weight excluding hydrogens is 208 g/mol. The van der Waals surface area contributed by atoms with Crippen LogP contribution in [0.4, 0.5) is 0 Å². The number of aryl methyl sites for hydroxylation is 1. The Labute approximate surface area is 94.4 Å². The third-order valence-electron chi connectivity index (χ3n) is 2.32. The molecule has 1 aromatic heterocycles. The normalized spacial score (nSPS) is 10.1. The van der Waals surface area contributed by atoms with Crippen molar-refractivity contribution >= 4 is 11.8 Å². The van der Waals surface area contributed by atoms with Crippen molar-refractivity contribution in [1.82, 2.24) is 9.78 Å². The van der Waals surface area contributed by atoms with E-state index in [0.29, 0.717) is 6.42 Å².